The van der Waals surface area contributed by atoms with Gasteiger partial charge in [0.05, 0.1) is 11.5 Å². The Labute approximate surface area is 163 Å². The number of carbonyl (C=O) groups is 1. The maximum atomic E-state index is 12.9. The second-order valence-corrected chi connectivity index (χ2v) is 9.58. The number of rotatable bonds is 6. The van der Waals surface area contributed by atoms with Crippen LogP contribution in [0.3, 0.4) is 0 Å². The molecule has 1 saturated heterocycles. The SMILES string of the molecule is O=C(COc1ccc(-c2nnco2)cc1)N(C1CCCC1)[C@@H]1CCS(=O)(=O)C1. The van der Waals surface area contributed by atoms with Crippen molar-refractivity contribution in [2.45, 2.75) is 44.2 Å². The molecule has 2 heterocycles. The Morgan fingerprint density at radius 3 is 2.50 bits per heavy atom. The Bertz CT molecular complexity index is 906. The van der Waals surface area contributed by atoms with E-state index in [0.717, 1.165) is 31.2 Å². The number of nitrogens with zero attached hydrogens (tertiary/aromatic N) is 3. The van der Waals surface area contributed by atoms with E-state index < -0.39 is 9.84 Å². The Kier molecular flexibility index (Phi) is 5.34. The number of ether oxygens (including phenoxy) is 1. The van der Waals surface area contributed by atoms with E-state index in [9.17, 15) is 13.2 Å². The molecule has 1 aromatic carbocycles. The average Bonchev–Trinajstić information content (AvgIpc) is 3.43. The first-order chi connectivity index (χ1) is 13.5. The molecule has 150 valence electrons. The highest BCUT2D eigenvalue weighted by atomic mass is 32.2. The molecule has 1 aromatic heterocycles. The minimum Gasteiger partial charge on any atom is -0.484 e. The van der Waals surface area contributed by atoms with Crippen LogP contribution in [-0.4, -0.2) is 59.6 Å². The molecule has 28 heavy (non-hydrogen) atoms. The summed E-state index contributed by atoms with van der Waals surface area (Å²) in [7, 11) is -3.05. The predicted molar refractivity (Wildman–Crippen MR) is 101 cm³/mol. The van der Waals surface area contributed by atoms with Crippen molar-refractivity contribution in [1.82, 2.24) is 15.1 Å². The highest BCUT2D eigenvalue weighted by molar-refractivity contribution is 7.91. The van der Waals surface area contributed by atoms with Crippen LogP contribution in [0.25, 0.3) is 11.5 Å². The number of hydrogen-bond acceptors (Lipinski definition) is 7. The molecule has 1 amide bonds. The van der Waals surface area contributed by atoms with E-state index in [-0.39, 0.29) is 36.1 Å². The number of sulfone groups is 1. The van der Waals surface area contributed by atoms with E-state index in [1.54, 1.807) is 29.2 Å². The zero-order valence-electron chi connectivity index (χ0n) is 15.5. The van der Waals surface area contributed by atoms with Gasteiger partial charge in [-0.05, 0) is 43.5 Å². The van der Waals surface area contributed by atoms with Crippen molar-refractivity contribution < 1.29 is 22.4 Å². The van der Waals surface area contributed by atoms with Crippen LogP contribution >= 0.6 is 0 Å². The predicted octanol–water partition coefficient (Wildman–Crippen LogP) is 2.07. The first-order valence-corrected chi connectivity index (χ1v) is 11.3. The maximum Gasteiger partial charge on any atom is 0.261 e. The quantitative estimate of drug-likeness (QED) is 0.725. The standard InChI is InChI=1S/C19H23N3O5S/c23-18(11-26-17-7-5-14(6-8-17)19-21-20-13-27-19)22(15-3-1-2-4-15)16-9-10-28(24,25)12-16/h5-8,13,15-16H,1-4,9-12H2/t16-/m1/s1. The van der Waals surface area contributed by atoms with Gasteiger partial charge in [0.25, 0.3) is 5.91 Å². The summed E-state index contributed by atoms with van der Waals surface area (Å²) < 4.78 is 34.6. The molecule has 1 aliphatic carbocycles. The van der Waals surface area contributed by atoms with E-state index in [1.165, 1.54) is 6.39 Å². The average molecular weight is 405 g/mol. The van der Waals surface area contributed by atoms with Gasteiger partial charge in [-0.3, -0.25) is 4.79 Å². The molecule has 2 fully saturated rings. The van der Waals surface area contributed by atoms with Crippen LogP contribution in [0.4, 0.5) is 0 Å². The van der Waals surface area contributed by atoms with Crippen molar-refractivity contribution in [1.29, 1.82) is 0 Å². The fourth-order valence-electron chi connectivity index (χ4n) is 4.09. The summed E-state index contributed by atoms with van der Waals surface area (Å²) in [5.74, 6) is 1.05. The number of aromatic nitrogens is 2. The van der Waals surface area contributed by atoms with Gasteiger partial charge in [0.15, 0.2) is 16.4 Å². The molecule has 0 radical (unpaired) electrons. The van der Waals surface area contributed by atoms with Crippen molar-refractivity contribution >= 4 is 15.7 Å². The third-order valence-electron chi connectivity index (χ3n) is 5.43. The molecule has 1 atom stereocenters. The van der Waals surface area contributed by atoms with Gasteiger partial charge in [-0.1, -0.05) is 12.8 Å². The zero-order valence-corrected chi connectivity index (χ0v) is 16.3. The largest absolute Gasteiger partial charge is 0.484 e. The highest BCUT2D eigenvalue weighted by Gasteiger charge is 2.39. The van der Waals surface area contributed by atoms with Gasteiger partial charge in [0.1, 0.15) is 5.75 Å². The summed E-state index contributed by atoms with van der Waals surface area (Å²) in [6.45, 7) is -0.104. The summed E-state index contributed by atoms with van der Waals surface area (Å²) >= 11 is 0. The lowest BCUT2D eigenvalue weighted by atomic mass is 10.1. The second-order valence-electron chi connectivity index (χ2n) is 7.35. The van der Waals surface area contributed by atoms with Crippen LogP contribution in [0.5, 0.6) is 5.75 Å². The third kappa shape index (κ3) is 4.19. The van der Waals surface area contributed by atoms with Crippen molar-refractivity contribution in [2.75, 3.05) is 18.1 Å². The minimum atomic E-state index is -3.05. The summed E-state index contributed by atoms with van der Waals surface area (Å²) in [6, 6.07) is 6.94. The monoisotopic (exact) mass is 405 g/mol. The smallest absolute Gasteiger partial charge is 0.261 e. The molecule has 1 aliphatic heterocycles. The Hall–Kier alpha value is -2.42. The van der Waals surface area contributed by atoms with Crippen LogP contribution in [0.15, 0.2) is 35.1 Å². The van der Waals surface area contributed by atoms with Crippen LogP contribution in [0.2, 0.25) is 0 Å². The van der Waals surface area contributed by atoms with Crippen molar-refractivity contribution in [2.24, 2.45) is 0 Å². The summed E-state index contributed by atoms with van der Waals surface area (Å²) in [5, 5.41) is 7.49. The second kappa shape index (κ2) is 7.90. The van der Waals surface area contributed by atoms with Crippen LogP contribution in [0.1, 0.15) is 32.1 Å². The number of amides is 1. The molecular formula is C19H23N3O5S. The molecule has 0 bridgehead atoms. The summed E-state index contributed by atoms with van der Waals surface area (Å²) in [4.78, 5) is 14.7. The van der Waals surface area contributed by atoms with E-state index >= 15 is 0 Å². The Morgan fingerprint density at radius 2 is 1.89 bits per heavy atom. The van der Waals surface area contributed by atoms with E-state index in [0.29, 0.717) is 18.1 Å². The number of carbonyl (C=O) groups excluding carboxylic acids is 1. The van der Waals surface area contributed by atoms with Crippen molar-refractivity contribution in [3.63, 3.8) is 0 Å². The van der Waals surface area contributed by atoms with Gasteiger partial charge < -0.3 is 14.1 Å². The lowest BCUT2D eigenvalue weighted by Gasteiger charge is -2.34. The molecule has 1 saturated carbocycles. The summed E-state index contributed by atoms with van der Waals surface area (Å²) in [6.07, 6.45) is 5.79. The topological polar surface area (TPSA) is 103 Å². The first-order valence-electron chi connectivity index (χ1n) is 9.53. The fraction of sp³-hybridized carbons (Fsp3) is 0.526. The molecule has 4 rings (SSSR count). The fourth-order valence-corrected chi connectivity index (χ4v) is 5.81. The molecule has 2 aliphatic rings. The molecule has 0 unspecified atom stereocenters. The Balaban J connectivity index is 1.41. The van der Waals surface area contributed by atoms with E-state index in [4.69, 9.17) is 9.15 Å². The van der Waals surface area contributed by atoms with Gasteiger partial charge in [0.2, 0.25) is 12.3 Å². The lowest BCUT2D eigenvalue weighted by Crippen LogP contribution is -2.48. The molecule has 2 aromatic rings. The van der Waals surface area contributed by atoms with Gasteiger partial charge >= 0.3 is 0 Å². The summed E-state index contributed by atoms with van der Waals surface area (Å²) in [5.41, 5.74) is 0.764. The minimum absolute atomic E-state index is 0.0636. The number of hydrogen-bond donors (Lipinski definition) is 0. The molecular weight excluding hydrogens is 382 g/mol. The number of benzene rings is 1. The molecule has 9 heteroatoms. The van der Waals surface area contributed by atoms with Crippen LogP contribution in [0, 0.1) is 0 Å². The Morgan fingerprint density at radius 1 is 1.14 bits per heavy atom. The van der Waals surface area contributed by atoms with Crippen LogP contribution in [-0.2, 0) is 14.6 Å². The molecule has 0 spiro atoms. The van der Waals surface area contributed by atoms with Crippen LogP contribution < -0.4 is 4.74 Å². The zero-order chi connectivity index (χ0) is 19.6. The van der Waals surface area contributed by atoms with Gasteiger partial charge in [-0.2, -0.15) is 0 Å². The first kappa shape index (κ1) is 18.9. The van der Waals surface area contributed by atoms with Crippen molar-refractivity contribution in [3.8, 4) is 17.2 Å². The van der Waals surface area contributed by atoms with Gasteiger partial charge in [-0.15, -0.1) is 10.2 Å². The molecule has 8 nitrogen and oxygen atoms in total. The normalized spacial score (nSPS) is 21.6. The van der Waals surface area contributed by atoms with E-state index in [2.05, 4.69) is 10.2 Å². The van der Waals surface area contributed by atoms with Gasteiger partial charge in [0, 0.05) is 17.6 Å². The van der Waals surface area contributed by atoms with E-state index in [1.807, 2.05) is 0 Å². The van der Waals surface area contributed by atoms with Gasteiger partial charge in [-0.25, -0.2) is 8.42 Å². The molecule has 0 N–H and O–H groups in total. The highest BCUT2D eigenvalue weighted by Crippen LogP contribution is 2.29. The third-order valence-corrected chi connectivity index (χ3v) is 7.18. The lowest BCUT2D eigenvalue weighted by molar-refractivity contribution is -0.137. The van der Waals surface area contributed by atoms with Crippen molar-refractivity contribution in [3.05, 3.63) is 30.7 Å². The maximum absolute atomic E-state index is 12.9.